The third-order valence-electron chi connectivity index (χ3n) is 1.29. The van der Waals surface area contributed by atoms with Gasteiger partial charge in [0.1, 0.15) is 11.4 Å². The highest BCUT2D eigenvalue weighted by atomic mass is 35.5. The largest absolute Gasteiger partial charge is 0.303 e. The molecule has 3 heteroatoms. The molecule has 0 saturated carbocycles. The van der Waals surface area contributed by atoms with Crippen LogP contribution in [0.5, 0.6) is 0 Å². The molecule has 0 unspecified atom stereocenters. The number of rotatable bonds is 3. The van der Waals surface area contributed by atoms with E-state index in [2.05, 4.69) is 4.98 Å². The number of nitrogens with zero attached hydrogens (tertiary/aromatic N) is 1. The monoisotopic (exact) mass is 181 g/mol. The minimum Gasteiger partial charge on any atom is -0.303 e. The molecule has 1 heterocycles. The van der Waals surface area contributed by atoms with Gasteiger partial charge in [-0.25, -0.2) is 4.98 Å². The molecule has 0 aromatic carbocycles. The molecular formula is C9H8ClNO. The summed E-state index contributed by atoms with van der Waals surface area (Å²) in [4.78, 5) is 13.8. The first-order valence-corrected chi connectivity index (χ1v) is 3.92. The Morgan fingerprint density at radius 1 is 1.58 bits per heavy atom. The molecule has 0 aliphatic carbocycles. The first kappa shape index (κ1) is 8.94. The fraction of sp³-hybridized carbons (Fsp3) is 0.111. The lowest BCUT2D eigenvalue weighted by Crippen LogP contribution is -1.76. The molecule has 0 fully saturated rings. The Hall–Kier alpha value is -1.15. The van der Waals surface area contributed by atoms with E-state index >= 15 is 0 Å². The third-order valence-corrected chi connectivity index (χ3v) is 1.50. The van der Waals surface area contributed by atoms with Crippen molar-refractivity contribution in [3.8, 4) is 0 Å². The second-order valence-corrected chi connectivity index (χ2v) is 2.60. The second kappa shape index (κ2) is 4.67. The summed E-state index contributed by atoms with van der Waals surface area (Å²) in [6.45, 7) is 0. The Morgan fingerprint density at radius 2 is 2.42 bits per heavy atom. The van der Waals surface area contributed by atoms with Gasteiger partial charge in [0, 0.05) is 12.6 Å². The summed E-state index contributed by atoms with van der Waals surface area (Å²) in [5.41, 5.74) is 0.955. The molecule has 0 N–H and O–H groups in total. The molecule has 62 valence electrons. The number of halogens is 1. The summed E-state index contributed by atoms with van der Waals surface area (Å²) in [5.74, 6) is 0. The van der Waals surface area contributed by atoms with Crippen molar-refractivity contribution in [2.75, 3.05) is 0 Å². The number of hydrogen-bond donors (Lipinski definition) is 0. The molecule has 12 heavy (non-hydrogen) atoms. The summed E-state index contributed by atoms with van der Waals surface area (Å²) in [7, 11) is 0. The van der Waals surface area contributed by atoms with Crippen molar-refractivity contribution in [2.45, 2.75) is 6.42 Å². The van der Waals surface area contributed by atoms with E-state index in [1.807, 2.05) is 12.1 Å². The van der Waals surface area contributed by atoms with Crippen LogP contribution in [0.2, 0.25) is 5.15 Å². The average Bonchev–Trinajstić information content (AvgIpc) is 2.05. The molecule has 1 rings (SSSR count). The number of aromatic nitrogens is 1. The van der Waals surface area contributed by atoms with Crippen LogP contribution in [0, 0.1) is 0 Å². The number of aldehydes is 1. The normalized spacial score (nSPS) is 10.4. The summed E-state index contributed by atoms with van der Waals surface area (Å²) < 4.78 is 0. The maximum absolute atomic E-state index is 9.97. The van der Waals surface area contributed by atoms with Crippen LogP contribution in [-0.2, 0) is 4.79 Å². The van der Waals surface area contributed by atoms with Gasteiger partial charge in [0.2, 0.25) is 0 Å². The molecule has 0 spiro atoms. The van der Waals surface area contributed by atoms with E-state index in [-0.39, 0.29) is 0 Å². The third kappa shape index (κ3) is 2.84. The predicted molar refractivity (Wildman–Crippen MR) is 49.0 cm³/mol. The topological polar surface area (TPSA) is 30.0 Å². The van der Waals surface area contributed by atoms with E-state index in [9.17, 15) is 4.79 Å². The van der Waals surface area contributed by atoms with Crippen molar-refractivity contribution >= 4 is 24.0 Å². The molecule has 1 aromatic heterocycles. The molecular weight excluding hydrogens is 174 g/mol. The highest BCUT2D eigenvalue weighted by Crippen LogP contribution is 2.08. The smallest absolute Gasteiger partial charge is 0.129 e. The molecule has 1 aromatic rings. The van der Waals surface area contributed by atoms with Crippen LogP contribution >= 0.6 is 11.6 Å². The molecule has 0 saturated heterocycles. The second-order valence-electron chi connectivity index (χ2n) is 2.22. The molecule has 0 aliphatic heterocycles. The summed E-state index contributed by atoms with van der Waals surface area (Å²) in [5, 5.41) is 0.461. The van der Waals surface area contributed by atoms with Gasteiger partial charge in [0.05, 0.1) is 0 Å². The van der Waals surface area contributed by atoms with Crippen LogP contribution in [-0.4, -0.2) is 11.3 Å². The number of pyridine rings is 1. The van der Waals surface area contributed by atoms with Crippen molar-refractivity contribution in [3.05, 3.63) is 35.1 Å². The van der Waals surface area contributed by atoms with Gasteiger partial charge >= 0.3 is 0 Å². The zero-order valence-electron chi connectivity index (χ0n) is 6.40. The quantitative estimate of drug-likeness (QED) is 0.529. The van der Waals surface area contributed by atoms with E-state index in [1.54, 1.807) is 18.3 Å². The van der Waals surface area contributed by atoms with Crippen LogP contribution in [0.15, 0.2) is 24.4 Å². The van der Waals surface area contributed by atoms with Crippen molar-refractivity contribution in [2.24, 2.45) is 0 Å². The lowest BCUT2D eigenvalue weighted by molar-refractivity contribution is -0.107. The van der Waals surface area contributed by atoms with Gasteiger partial charge in [0.15, 0.2) is 0 Å². The Morgan fingerprint density at radius 3 is 3.08 bits per heavy atom. The highest BCUT2D eigenvalue weighted by Gasteiger charge is 1.88. The van der Waals surface area contributed by atoms with Crippen LogP contribution in [0.1, 0.15) is 12.0 Å². The van der Waals surface area contributed by atoms with Gasteiger partial charge in [-0.1, -0.05) is 23.8 Å². The van der Waals surface area contributed by atoms with E-state index in [0.717, 1.165) is 11.8 Å². The minimum absolute atomic E-state index is 0.430. The zero-order chi connectivity index (χ0) is 8.81. The Balaban J connectivity index is 2.69. The SMILES string of the molecule is O=CCC=Cc1ccnc(Cl)c1. The van der Waals surface area contributed by atoms with Crippen molar-refractivity contribution in [3.63, 3.8) is 0 Å². The molecule has 2 nitrogen and oxygen atoms in total. The molecule has 0 atom stereocenters. The molecule has 0 bridgehead atoms. The summed E-state index contributed by atoms with van der Waals surface area (Å²) >= 11 is 5.64. The highest BCUT2D eigenvalue weighted by molar-refractivity contribution is 6.29. The Bertz CT molecular complexity index is 296. The first-order valence-electron chi connectivity index (χ1n) is 3.54. The van der Waals surface area contributed by atoms with Gasteiger partial charge in [-0.15, -0.1) is 0 Å². The van der Waals surface area contributed by atoms with Gasteiger partial charge in [-0.05, 0) is 17.7 Å². The molecule has 0 amide bonds. The van der Waals surface area contributed by atoms with Gasteiger partial charge in [-0.3, -0.25) is 0 Å². The van der Waals surface area contributed by atoms with Gasteiger partial charge in [0.25, 0.3) is 0 Å². The standard InChI is InChI=1S/C9H8ClNO/c10-9-7-8(4-5-11-9)3-1-2-6-12/h1,3-7H,2H2. The minimum atomic E-state index is 0.430. The summed E-state index contributed by atoms with van der Waals surface area (Å²) in [6.07, 6.45) is 6.52. The molecule has 0 radical (unpaired) electrons. The number of hydrogen-bond acceptors (Lipinski definition) is 2. The van der Waals surface area contributed by atoms with Gasteiger partial charge in [-0.2, -0.15) is 0 Å². The number of carbonyl (C=O) groups is 1. The van der Waals surface area contributed by atoms with E-state index in [1.165, 1.54) is 0 Å². The molecule has 0 aliphatic rings. The average molecular weight is 182 g/mol. The van der Waals surface area contributed by atoms with Crippen molar-refractivity contribution < 1.29 is 4.79 Å². The summed E-state index contributed by atoms with van der Waals surface area (Å²) in [6, 6.07) is 3.57. The lowest BCUT2D eigenvalue weighted by Gasteiger charge is -1.91. The maximum atomic E-state index is 9.97. The van der Waals surface area contributed by atoms with Crippen molar-refractivity contribution in [1.82, 2.24) is 4.98 Å². The van der Waals surface area contributed by atoms with E-state index < -0.39 is 0 Å². The number of allylic oxidation sites excluding steroid dienone is 1. The number of carbonyl (C=O) groups excluding carboxylic acids is 1. The van der Waals surface area contributed by atoms with E-state index in [4.69, 9.17) is 11.6 Å². The predicted octanol–water partition coefficient (Wildman–Crippen LogP) is 2.34. The Kier molecular flexibility index (Phi) is 3.48. The van der Waals surface area contributed by atoms with Crippen LogP contribution in [0.3, 0.4) is 0 Å². The van der Waals surface area contributed by atoms with Crippen molar-refractivity contribution in [1.29, 1.82) is 0 Å². The fourth-order valence-electron chi connectivity index (χ4n) is 0.781. The van der Waals surface area contributed by atoms with Crippen LogP contribution < -0.4 is 0 Å². The van der Waals surface area contributed by atoms with Crippen LogP contribution in [0.4, 0.5) is 0 Å². The maximum Gasteiger partial charge on any atom is 0.129 e. The fourth-order valence-corrected chi connectivity index (χ4v) is 0.963. The van der Waals surface area contributed by atoms with Gasteiger partial charge < -0.3 is 4.79 Å². The van der Waals surface area contributed by atoms with Crippen LogP contribution in [0.25, 0.3) is 6.08 Å². The zero-order valence-corrected chi connectivity index (χ0v) is 7.16. The lowest BCUT2D eigenvalue weighted by atomic mass is 10.2. The van der Waals surface area contributed by atoms with E-state index in [0.29, 0.717) is 11.6 Å². The first-order chi connectivity index (χ1) is 5.83. The Labute approximate surface area is 75.9 Å².